The number of para-hydroxylation sites is 1. The summed E-state index contributed by atoms with van der Waals surface area (Å²) >= 11 is 0. The Morgan fingerprint density at radius 3 is 2.67 bits per heavy atom. The third-order valence-electron chi connectivity index (χ3n) is 2.68. The Hall–Kier alpha value is -2.30. The fourth-order valence-corrected chi connectivity index (χ4v) is 1.93. The van der Waals surface area contributed by atoms with Crippen molar-refractivity contribution in [2.24, 2.45) is 0 Å². The standard InChI is InChI=1S/C11H9N3O2.C2H6/c1-7-12-9-6-13(15)10-5-3-2-4-8(10)11(9)14(7)16;1-2/h2-6,16H,1H3;1-2H3. The smallest absolute Gasteiger partial charge is 0.226 e. The van der Waals surface area contributed by atoms with E-state index in [9.17, 15) is 10.4 Å². The number of benzene rings is 1. The van der Waals surface area contributed by atoms with Crippen LogP contribution in [0.2, 0.25) is 0 Å². The highest BCUT2D eigenvalue weighted by Gasteiger charge is 2.15. The van der Waals surface area contributed by atoms with E-state index in [4.69, 9.17) is 0 Å². The third kappa shape index (κ3) is 1.64. The van der Waals surface area contributed by atoms with Crippen LogP contribution >= 0.6 is 0 Å². The summed E-state index contributed by atoms with van der Waals surface area (Å²) in [7, 11) is 0. The van der Waals surface area contributed by atoms with Crippen molar-refractivity contribution in [3.8, 4) is 0 Å². The normalized spacial score (nSPS) is 10.4. The van der Waals surface area contributed by atoms with Crippen molar-refractivity contribution in [3.05, 3.63) is 41.5 Å². The van der Waals surface area contributed by atoms with Gasteiger partial charge in [-0.2, -0.15) is 9.46 Å². The van der Waals surface area contributed by atoms with Crippen LogP contribution in [0.5, 0.6) is 0 Å². The van der Waals surface area contributed by atoms with E-state index >= 15 is 0 Å². The van der Waals surface area contributed by atoms with Gasteiger partial charge in [-0.25, -0.2) is 4.98 Å². The van der Waals surface area contributed by atoms with Gasteiger partial charge in [0.2, 0.25) is 11.7 Å². The molecule has 94 valence electrons. The molecule has 0 radical (unpaired) electrons. The highest BCUT2D eigenvalue weighted by molar-refractivity contribution is 6.00. The molecule has 0 spiro atoms. The van der Waals surface area contributed by atoms with E-state index in [1.807, 2.05) is 19.9 Å². The topological polar surface area (TPSA) is 65.0 Å². The fraction of sp³-hybridized carbons (Fsp3) is 0.231. The maximum absolute atomic E-state index is 11.7. The van der Waals surface area contributed by atoms with Gasteiger partial charge in [0.05, 0.1) is 5.39 Å². The van der Waals surface area contributed by atoms with Gasteiger partial charge in [-0.05, 0) is 13.0 Å². The van der Waals surface area contributed by atoms with Gasteiger partial charge in [0, 0.05) is 6.07 Å². The van der Waals surface area contributed by atoms with Crippen molar-refractivity contribution in [1.29, 1.82) is 0 Å². The van der Waals surface area contributed by atoms with E-state index in [0.29, 0.717) is 27.8 Å². The van der Waals surface area contributed by atoms with E-state index in [0.717, 1.165) is 9.46 Å². The number of nitrogens with zero attached hydrogens (tertiary/aromatic N) is 3. The Labute approximate surface area is 104 Å². The number of hydrogen-bond acceptors (Lipinski definition) is 3. The summed E-state index contributed by atoms with van der Waals surface area (Å²) in [5, 5.41) is 22.2. The summed E-state index contributed by atoms with van der Waals surface area (Å²) < 4.78 is 1.78. The van der Waals surface area contributed by atoms with Gasteiger partial charge in [0.25, 0.3) is 0 Å². The van der Waals surface area contributed by atoms with Crippen molar-refractivity contribution in [1.82, 2.24) is 9.71 Å². The zero-order valence-electron chi connectivity index (χ0n) is 10.6. The first-order valence-corrected chi connectivity index (χ1v) is 5.87. The molecule has 5 heteroatoms. The third-order valence-corrected chi connectivity index (χ3v) is 2.68. The first-order chi connectivity index (χ1) is 8.68. The monoisotopic (exact) mass is 245 g/mol. The van der Waals surface area contributed by atoms with Crippen molar-refractivity contribution < 1.29 is 9.94 Å². The van der Waals surface area contributed by atoms with Crippen LogP contribution in [0.4, 0.5) is 0 Å². The van der Waals surface area contributed by atoms with Gasteiger partial charge in [0.1, 0.15) is 11.3 Å². The van der Waals surface area contributed by atoms with Crippen LogP contribution in [-0.4, -0.2) is 14.9 Å². The molecule has 0 saturated heterocycles. The number of rotatable bonds is 0. The average Bonchev–Trinajstić information content (AvgIpc) is 2.68. The van der Waals surface area contributed by atoms with Crippen LogP contribution in [0.3, 0.4) is 0 Å². The van der Waals surface area contributed by atoms with Gasteiger partial charge in [-0.3, -0.25) is 0 Å². The summed E-state index contributed by atoms with van der Waals surface area (Å²) in [4.78, 5) is 4.12. The van der Waals surface area contributed by atoms with E-state index in [-0.39, 0.29) is 0 Å². The lowest BCUT2D eigenvalue weighted by atomic mass is 10.2. The molecule has 0 bridgehead atoms. The number of aromatic nitrogens is 3. The molecule has 0 aliphatic heterocycles. The molecule has 3 rings (SSSR count). The number of hydrogen-bond donors (Lipinski definition) is 1. The molecule has 0 fully saturated rings. The quantitative estimate of drug-likeness (QED) is 0.376. The van der Waals surface area contributed by atoms with E-state index in [1.54, 1.807) is 25.1 Å². The lowest BCUT2D eigenvalue weighted by Gasteiger charge is -2.02. The molecule has 0 saturated carbocycles. The highest BCUT2D eigenvalue weighted by atomic mass is 16.5. The Kier molecular flexibility index (Phi) is 3.06. The van der Waals surface area contributed by atoms with Gasteiger partial charge >= 0.3 is 0 Å². The second-order valence-electron chi connectivity index (χ2n) is 3.68. The van der Waals surface area contributed by atoms with Crippen LogP contribution in [-0.2, 0) is 0 Å². The van der Waals surface area contributed by atoms with Crippen molar-refractivity contribution in [2.45, 2.75) is 20.8 Å². The number of imidazole rings is 1. The molecule has 1 aromatic carbocycles. The van der Waals surface area contributed by atoms with Crippen LogP contribution in [0.25, 0.3) is 21.9 Å². The molecule has 0 atom stereocenters. The van der Waals surface area contributed by atoms with Gasteiger partial charge in [-0.15, -0.1) is 0 Å². The maximum Gasteiger partial charge on any atom is 0.226 e. The van der Waals surface area contributed by atoms with Crippen molar-refractivity contribution in [2.75, 3.05) is 0 Å². The predicted octanol–water partition coefficient (Wildman–Crippen LogP) is 2.39. The minimum Gasteiger partial charge on any atom is -0.618 e. The molecule has 5 nitrogen and oxygen atoms in total. The van der Waals surface area contributed by atoms with Gasteiger partial charge in [0.15, 0.2) is 5.52 Å². The van der Waals surface area contributed by atoms with Crippen LogP contribution in [0, 0.1) is 12.1 Å². The molecule has 1 N–H and O–H groups in total. The van der Waals surface area contributed by atoms with Crippen LogP contribution in [0.1, 0.15) is 19.7 Å². The molecule has 0 aliphatic rings. The molecule has 0 aliphatic carbocycles. The molecule has 3 aromatic rings. The number of fused-ring (bicyclic) bond motifs is 3. The largest absolute Gasteiger partial charge is 0.618 e. The molecular weight excluding hydrogens is 230 g/mol. The molecular formula is C13H15N3O2. The lowest BCUT2D eigenvalue weighted by Crippen LogP contribution is -2.26. The minimum atomic E-state index is 0.464. The minimum absolute atomic E-state index is 0.464. The Bertz CT molecular complexity index is 704. The van der Waals surface area contributed by atoms with Gasteiger partial charge in [-0.1, -0.05) is 26.0 Å². The first-order valence-electron chi connectivity index (χ1n) is 5.87. The SMILES string of the molecule is CC.Cc1nc2c[n+]([O-])c3ccccc3c2n1O. The second-order valence-corrected chi connectivity index (χ2v) is 3.68. The van der Waals surface area contributed by atoms with Crippen LogP contribution < -0.4 is 4.73 Å². The summed E-state index contributed by atoms with van der Waals surface area (Å²) in [5.41, 5.74) is 1.58. The number of aryl methyl sites for hydroxylation is 1. The molecule has 18 heavy (non-hydrogen) atoms. The maximum atomic E-state index is 11.7. The van der Waals surface area contributed by atoms with E-state index in [1.165, 1.54) is 6.20 Å². The summed E-state index contributed by atoms with van der Waals surface area (Å²) in [5.74, 6) is 0.464. The van der Waals surface area contributed by atoms with Crippen molar-refractivity contribution >= 4 is 21.9 Å². The Morgan fingerprint density at radius 2 is 1.94 bits per heavy atom. The zero-order chi connectivity index (χ0) is 13.3. The summed E-state index contributed by atoms with van der Waals surface area (Å²) in [6.07, 6.45) is 1.37. The van der Waals surface area contributed by atoms with Gasteiger partial charge < -0.3 is 10.4 Å². The molecule has 2 aromatic heterocycles. The fourth-order valence-electron chi connectivity index (χ4n) is 1.93. The van der Waals surface area contributed by atoms with Crippen LogP contribution in [0.15, 0.2) is 30.5 Å². The van der Waals surface area contributed by atoms with Crippen molar-refractivity contribution in [3.63, 3.8) is 0 Å². The summed E-state index contributed by atoms with van der Waals surface area (Å²) in [6.45, 7) is 5.68. The molecule has 0 unspecified atom stereocenters. The highest BCUT2D eigenvalue weighted by Crippen LogP contribution is 2.21. The zero-order valence-corrected chi connectivity index (χ0v) is 10.6. The molecule has 2 heterocycles. The number of pyridine rings is 1. The predicted molar refractivity (Wildman–Crippen MR) is 69.5 cm³/mol. The molecule has 0 amide bonds. The lowest BCUT2D eigenvalue weighted by molar-refractivity contribution is -0.575. The summed E-state index contributed by atoms with van der Waals surface area (Å²) in [6, 6.07) is 7.11. The average molecular weight is 245 g/mol. The van der Waals surface area contributed by atoms with E-state index < -0.39 is 0 Å². The Morgan fingerprint density at radius 1 is 1.28 bits per heavy atom. The Balaban J connectivity index is 0.000000574. The first kappa shape index (κ1) is 12.2. The second kappa shape index (κ2) is 4.52. The van der Waals surface area contributed by atoms with E-state index in [2.05, 4.69) is 4.98 Å².